The number of aromatic nitrogens is 1. The van der Waals surface area contributed by atoms with E-state index in [1.54, 1.807) is 23.1 Å². The number of fused-ring (bicyclic) bond motifs is 1. The minimum absolute atomic E-state index is 0.0983. The predicted molar refractivity (Wildman–Crippen MR) is 82.9 cm³/mol. The second-order valence-electron chi connectivity index (χ2n) is 5.34. The molecule has 0 atom stereocenters. The molecule has 3 nitrogen and oxygen atoms in total. The molecule has 0 saturated carbocycles. The largest absolute Gasteiger partial charge is 0.351 e. The van der Waals surface area contributed by atoms with Gasteiger partial charge in [-0.05, 0) is 32.9 Å². The van der Waals surface area contributed by atoms with Gasteiger partial charge < -0.3 is 5.32 Å². The number of nitrogens with one attached hydrogen (secondary N) is 1. The maximum atomic E-state index is 11.7. The van der Waals surface area contributed by atoms with Crippen molar-refractivity contribution in [1.82, 2.24) is 10.3 Å². The number of nitrogens with zero attached hydrogens (tertiary/aromatic N) is 1. The van der Waals surface area contributed by atoms with Gasteiger partial charge in [0.25, 0.3) is 0 Å². The second kappa shape index (κ2) is 5.92. The summed E-state index contributed by atoms with van der Waals surface area (Å²) in [5, 5.41) is 2.96. The molecule has 1 amide bonds. The van der Waals surface area contributed by atoms with Crippen LogP contribution in [0.5, 0.6) is 0 Å². The topological polar surface area (TPSA) is 42.0 Å². The van der Waals surface area contributed by atoms with E-state index in [2.05, 4.69) is 16.4 Å². The standard InChI is InChI=1S/C14H18N2OS2/c1-14(2,3)16-12(17)8-9-18-13-15-10-6-4-5-7-11(10)19-13/h4-7H,8-9H2,1-3H3,(H,16,17). The molecule has 0 aliphatic heterocycles. The molecule has 2 aromatic rings. The summed E-state index contributed by atoms with van der Waals surface area (Å²) in [6.07, 6.45) is 0.526. The van der Waals surface area contributed by atoms with E-state index in [-0.39, 0.29) is 11.4 Å². The zero-order chi connectivity index (χ0) is 13.9. The third-order valence-corrected chi connectivity index (χ3v) is 4.52. The summed E-state index contributed by atoms with van der Waals surface area (Å²) in [7, 11) is 0. The van der Waals surface area contributed by atoms with Crippen LogP contribution in [-0.2, 0) is 4.79 Å². The fourth-order valence-electron chi connectivity index (χ4n) is 1.62. The van der Waals surface area contributed by atoms with Gasteiger partial charge in [0.2, 0.25) is 5.91 Å². The molecule has 0 aliphatic carbocycles. The lowest BCUT2D eigenvalue weighted by Gasteiger charge is -2.20. The van der Waals surface area contributed by atoms with Crippen molar-refractivity contribution < 1.29 is 4.79 Å². The molecule has 0 spiro atoms. The number of hydrogen-bond acceptors (Lipinski definition) is 4. The summed E-state index contributed by atoms with van der Waals surface area (Å²) in [4.78, 5) is 16.2. The molecular weight excluding hydrogens is 276 g/mol. The lowest BCUT2D eigenvalue weighted by Crippen LogP contribution is -2.40. The number of thioether (sulfide) groups is 1. The average molecular weight is 294 g/mol. The van der Waals surface area contributed by atoms with Crippen LogP contribution in [0.1, 0.15) is 27.2 Å². The Balaban J connectivity index is 1.84. The molecule has 5 heteroatoms. The van der Waals surface area contributed by atoms with Gasteiger partial charge >= 0.3 is 0 Å². The Kier molecular flexibility index (Phi) is 4.47. The molecule has 0 radical (unpaired) electrons. The summed E-state index contributed by atoms with van der Waals surface area (Å²) in [6, 6.07) is 8.10. The van der Waals surface area contributed by atoms with Gasteiger partial charge in [0.1, 0.15) is 0 Å². The van der Waals surface area contributed by atoms with E-state index in [1.807, 2.05) is 39.0 Å². The van der Waals surface area contributed by atoms with Crippen molar-refractivity contribution in [3.05, 3.63) is 24.3 Å². The summed E-state index contributed by atoms with van der Waals surface area (Å²) in [5.41, 5.74) is 0.881. The highest BCUT2D eigenvalue weighted by Crippen LogP contribution is 2.29. The molecule has 0 bridgehead atoms. The van der Waals surface area contributed by atoms with Gasteiger partial charge in [-0.15, -0.1) is 11.3 Å². The van der Waals surface area contributed by atoms with Crippen molar-refractivity contribution in [3.63, 3.8) is 0 Å². The molecule has 1 aromatic carbocycles. The summed E-state index contributed by atoms with van der Waals surface area (Å²) in [5.74, 6) is 0.864. The van der Waals surface area contributed by atoms with Crippen LogP contribution in [0.2, 0.25) is 0 Å². The number of carbonyl (C=O) groups is 1. The zero-order valence-electron chi connectivity index (χ0n) is 11.4. The lowest BCUT2D eigenvalue weighted by molar-refractivity contribution is -0.122. The van der Waals surface area contributed by atoms with Gasteiger partial charge in [-0.1, -0.05) is 23.9 Å². The fraction of sp³-hybridized carbons (Fsp3) is 0.429. The molecule has 0 saturated heterocycles. The van der Waals surface area contributed by atoms with Crippen LogP contribution in [0, 0.1) is 0 Å². The first kappa shape index (κ1) is 14.3. The van der Waals surface area contributed by atoms with Crippen molar-refractivity contribution in [2.24, 2.45) is 0 Å². The summed E-state index contributed by atoms with van der Waals surface area (Å²) in [6.45, 7) is 5.97. The number of carbonyl (C=O) groups excluding carboxylic acids is 1. The van der Waals surface area contributed by atoms with E-state index in [0.29, 0.717) is 6.42 Å². The predicted octanol–water partition coefficient (Wildman–Crippen LogP) is 3.69. The summed E-state index contributed by atoms with van der Waals surface area (Å²) < 4.78 is 2.23. The molecule has 19 heavy (non-hydrogen) atoms. The molecular formula is C14H18N2OS2. The van der Waals surface area contributed by atoms with Crippen molar-refractivity contribution >= 4 is 39.2 Å². The number of rotatable bonds is 4. The Bertz CT molecular complexity index is 539. The maximum absolute atomic E-state index is 11.7. The molecule has 102 valence electrons. The Labute approximate surface area is 121 Å². The van der Waals surface area contributed by atoms with Crippen molar-refractivity contribution in [2.75, 3.05) is 5.75 Å². The van der Waals surface area contributed by atoms with E-state index in [4.69, 9.17) is 0 Å². The third kappa shape index (κ3) is 4.51. The van der Waals surface area contributed by atoms with Gasteiger partial charge in [0, 0.05) is 17.7 Å². The van der Waals surface area contributed by atoms with Crippen LogP contribution in [-0.4, -0.2) is 22.2 Å². The first-order chi connectivity index (χ1) is 8.94. The Morgan fingerprint density at radius 3 is 2.79 bits per heavy atom. The Hall–Kier alpha value is -1.07. The van der Waals surface area contributed by atoms with Crippen molar-refractivity contribution in [3.8, 4) is 0 Å². The van der Waals surface area contributed by atoms with E-state index in [9.17, 15) is 4.79 Å². The monoisotopic (exact) mass is 294 g/mol. The molecule has 1 aromatic heterocycles. The van der Waals surface area contributed by atoms with Gasteiger partial charge in [0.05, 0.1) is 10.2 Å². The maximum Gasteiger partial charge on any atom is 0.221 e. The smallest absolute Gasteiger partial charge is 0.221 e. The van der Waals surface area contributed by atoms with Crippen LogP contribution in [0.15, 0.2) is 28.6 Å². The second-order valence-corrected chi connectivity index (χ2v) is 7.72. The third-order valence-electron chi connectivity index (χ3n) is 2.34. The summed E-state index contributed by atoms with van der Waals surface area (Å²) >= 11 is 3.33. The van der Waals surface area contributed by atoms with E-state index < -0.39 is 0 Å². The SMILES string of the molecule is CC(C)(C)NC(=O)CCSc1nc2ccccc2s1. The first-order valence-corrected chi connectivity index (χ1v) is 8.04. The molecule has 2 rings (SSSR count). The van der Waals surface area contributed by atoms with Gasteiger partial charge in [-0.3, -0.25) is 4.79 Å². The number of benzene rings is 1. The number of para-hydroxylation sites is 1. The Morgan fingerprint density at radius 1 is 1.37 bits per heavy atom. The molecule has 0 aliphatic rings. The first-order valence-electron chi connectivity index (χ1n) is 6.23. The van der Waals surface area contributed by atoms with Crippen molar-refractivity contribution in [1.29, 1.82) is 0 Å². The minimum Gasteiger partial charge on any atom is -0.351 e. The van der Waals surface area contributed by atoms with Crippen LogP contribution < -0.4 is 5.32 Å². The number of thiazole rings is 1. The van der Waals surface area contributed by atoms with Gasteiger partial charge in [-0.25, -0.2) is 4.98 Å². The highest BCUT2D eigenvalue weighted by molar-refractivity contribution is 8.01. The van der Waals surface area contributed by atoms with E-state index in [1.165, 1.54) is 4.70 Å². The van der Waals surface area contributed by atoms with Crippen LogP contribution >= 0.6 is 23.1 Å². The van der Waals surface area contributed by atoms with Gasteiger partial charge in [0.15, 0.2) is 4.34 Å². The van der Waals surface area contributed by atoms with Crippen molar-refractivity contribution in [2.45, 2.75) is 37.1 Å². The lowest BCUT2D eigenvalue weighted by atomic mass is 10.1. The highest BCUT2D eigenvalue weighted by atomic mass is 32.2. The highest BCUT2D eigenvalue weighted by Gasteiger charge is 2.13. The molecule has 0 fully saturated rings. The van der Waals surface area contributed by atoms with Gasteiger partial charge in [-0.2, -0.15) is 0 Å². The number of hydrogen-bond donors (Lipinski definition) is 1. The zero-order valence-corrected chi connectivity index (χ0v) is 13.0. The van der Waals surface area contributed by atoms with Crippen LogP contribution in [0.3, 0.4) is 0 Å². The molecule has 0 unspecified atom stereocenters. The van der Waals surface area contributed by atoms with E-state index in [0.717, 1.165) is 15.6 Å². The molecule has 1 heterocycles. The fourth-order valence-corrected chi connectivity index (χ4v) is 3.70. The Morgan fingerprint density at radius 2 is 2.11 bits per heavy atom. The van der Waals surface area contributed by atoms with Crippen LogP contribution in [0.25, 0.3) is 10.2 Å². The number of amides is 1. The quantitative estimate of drug-likeness (QED) is 0.874. The molecule has 1 N–H and O–H groups in total. The normalized spacial score (nSPS) is 11.7. The average Bonchev–Trinajstić information content (AvgIpc) is 2.68. The van der Waals surface area contributed by atoms with Crippen LogP contribution in [0.4, 0.5) is 0 Å². The minimum atomic E-state index is -0.155. The van der Waals surface area contributed by atoms with E-state index >= 15 is 0 Å².